The van der Waals surface area contributed by atoms with Gasteiger partial charge in [-0.05, 0) is 59.5 Å². The highest BCUT2D eigenvalue weighted by Crippen LogP contribution is 2.23. The Kier molecular flexibility index (Phi) is 4.94. The van der Waals surface area contributed by atoms with Gasteiger partial charge in [-0.15, -0.1) is 0 Å². The van der Waals surface area contributed by atoms with Crippen LogP contribution >= 0.6 is 15.9 Å². The summed E-state index contributed by atoms with van der Waals surface area (Å²) in [5.74, 6) is -0.220. The highest BCUT2D eigenvalue weighted by Gasteiger charge is 2.22. The van der Waals surface area contributed by atoms with E-state index in [0.717, 1.165) is 36.0 Å². The maximum Gasteiger partial charge on any atom is 0.257 e. The van der Waals surface area contributed by atoms with Crippen LogP contribution in [0.3, 0.4) is 0 Å². The maximum atomic E-state index is 12.6. The van der Waals surface area contributed by atoms with E-state index in [1.165, 1.54) is 6.20 Å². The fourth-order valence-corrected chi connectivity index (χ4v) is 3.19. The molecular weight excluding hydrogens is 370 g/mol. The molecule has 1 N–H and O–H groups in total. The van der Waals surface area contributed by atoms with Gasteiger partial charge in [0.25, 0.3) is 11.8 Å². The van der Waals surface area contributed by atoms with E-state index in [4.69, 9.17) is 0 Å². The molecule has 124 valence electrons. The molecule has 0 spiro atoms. The molecule has 2 amide bonds. The number of nitrogens with zero attached hydrogens (tertiary/aromatic N) is 2. The molecule has 1 aliphatic heterocycles. The molecule has 2 heterocycles. The maximum absolute atomic E-state index is 12.6. The van der Waals surface area contributed by atoms with Crippen LogP contribution in [0.5, 0.6) is 0 Å². The minimum atomic E-state index is -0.252. The Bertz CT molecular complexity index is 786. The number of hydrogen-bond donors (Lipinski definition) is 1. The number of carbonyl (C=O) groups is 2. The Morgan fingerprint density at radius 3 is 2.67 bits per heavy atom. The van der Waals surface area contributed by atoms with Gasteiger partial charge in [0.05, 0.1) is 5.56 Å². The van der Waals surface area contributed by atoms with Gasteiger partial charge >= 0.3 is 0 Å². The van der Waals surface area contributed by atoms with E-state index < -0.39 is 0 Å². The van der Waals surface area contributed by atoms with Gasteiger partial charge < -0.3 is 10.2 Å². The first-order valence-corrected chi connectivity index (χ1v) is 8.66. The monoisotopic (exact) mass is 387 g/mol. The van der Waals surface area contributed by atoms with Crippen LogP contribution in [0.2, 0.25) is 0 Å². The van der Waals surface area contributed by atoms with Crippen molar-refractivity contribution in [2.24, 2.45) is 0 Å². The molecule has 1 aromatic heterocycles. The molecule has 1 fully saturated rings. The molecule has 0 radical (unpaired) electrons. The Morgan fingerprint density at radius 2 is 1.96 bits per heavy atom. The van der Waals surface area contributed by atoms with E-state index >= 15 is 0 Å². The van der Waals surface area contributed by atoms with Crippen LogP contribution in [-0.4, -0.2) is 34.8 Å². The lowest BCUT2D eigenvalue weighted by atomic mass is 10.1. The second-order valence-corrected chi connectivity index (χ2v) is 6.74. The van der Waals surface area contributed by atoms with Crippen LogP contribution in [-0.2, 0) is 0 Å². The van der Waals surface area contributed by atoms with Crippen molar-refractivity contribution in [1.82, 2.24) is 9.88 Å². The van der Waals surface area contributed by atoms with E-state index in [9.17, 15) is 9.59 Å². The van der Waals surface area contributed by atoms with Crippen molar-refractivity contribution in [1.29, 1.82) is 0 Å². The smallest absolute Gasteiger partial charge is 0.257 e. The lowest BCUT2D eigenvalue weighted by Gasteiger charge is -2.18. The minimum absolute atomic E-state index is 0.0326. The Labute approximate surface area is 149 Å². The molecule has 1 aromatic carbocycles. The average Bonchev–Trinajstić information content (AvgIpc) is 3.10. The number of likely N-dealkylation sites (tertiary alicyclic amines) is 1. The fourth-order valence-electron chi connectivity index (χ4n) is 2.82. The third-order valence-corrected chi connectivity index (χ3v) is 4.61. The van der Waals surface area contributed by atoms with Crippen molar-refractivity contribution < 1.29 is 9.59 Å². The normalized spacial score (nSPS) is 13.8. The number of aromatic nitrogens is 1. The van der Waals surface area contributed by atoms with Crippen molar-refractivity contribution in [2.75, 3.05) is 18.4 Å². The first-order valence-electron chi connectivity index (χ1n) is 7.87. The second-order valence-electron chi connectivity index (χ2n) is 5.82. The van der Waals surface area contributed by atoms with Crippen LogP contribution in [0.15, 0.2) is 41.1 Å². The van der Waals surface area contributed by atoms with Crippen LogP contribution in [0.25, 0.3) is 0 Å². The van der Waals surface area contributed by atoms with E-state index in [1.54, 1.807) is 24.4 Å². The van der Waals surface area contributed by atoms with Crippen molar-refractivity contribution >= 4 is 33.4 Å². The van der Waals surface area contributed by atoms with E-state index in [1.807, 2.05) is 17.9 Å². The summed E-state index contributed by atoms with van der Waals surface area (Å²) in [5, 5.41) is 2.87. The van der Waals surface area contributed by atoms with Gasteiger partial charge in [0, 0.05) is 41.2 Å². The molecule has 6 heteroatoms. The molecule has 1 saturated heterocycles. The molecule has 0 atom stereocenters. The quantitative estimate of drug-likeness (QED) is 0.874. The number of benzene rings is 1. The molecule has 5 nitrogen and oxygen atoms in total. The van der Waals surface area contributed by atoms with Gasteiger partial charge in [-0.25, -0.2) is 0 Å². The third kappa shape index (κ3) is 3.48. The number of carbonyl (C=O) groups excluding carboxylic acids is 2. The summed E-state index contributed by atoms with van der Waals surface area (Å²) in [6.07, 6.45) is 5.24. The topological polar surface area (TPSA) is 62.3 Å². The number of nitrogens with one attached hydrogen (secondary N) is 1. The Morgan fingerprint density at radius 1 is 1.21 bits per heavy atom. The van der Waals surface area contributed by atoms with Crippen LogP contribution in [0.4, 0.5) is 5.69 Å². The molecule has 0 bridgehead atoms. The molecule has 3 rings (SSSR count). The van der Waals surface area contributed by atoms with Gasteiger partial charge in [0.1, 0.15) is 0 Å². The SMILES string of the molecule is Cc1c(NC(=O)c2cncc(Br)c2)cccc1C(=O)N1CCCC1. The first kappa shape index (κ1) is 16.6. The second kappa shape index (κ2) is 7.13. The van der Waals surface area contributed by atoms with E-state index in [2.05, 4.69) is 26.2 Å². The molecular formula is C18H18BrN3O2. The van der Waals surface area contributed by atoms with Gasteiger partial charge in [-0.1, -0.05) is 6.07 Å². The standard InChI is InChI=1S/C18H18BrN3O2/c1-12-15(18(24)22-7-2-3-8-22)5-4-6-16(12)21-17(23)13-9-14(19)11-20-10-13/h4-6,9-11H,2-3,7-8H2,1H3,(H,21,23). The summed E-state index contributed by atoms with van der Waals surface area (Å²) < 4.78 is 0.741. The number of pyridine rings is 1. The molecule has 1 aliphatic rings. The van der Waals surface area contributed by atoms with E-state index in [-0.39, 0.29) is 11.8 Å². The highest BCUT2D eigenvalue weighted by atomic mass is 79.9. The summed E-state index contributed by atoms with van der Waals surface area (Å²) in [4.78, 5) is 30.9. The predicted octanol–water partition coefficient (Wildman–Crippen LogP) is 3.64. The number of amides is 2. The highest BCUT2D eigenvalue weighted by molar-refractivity contribution is 9.10. The lowest BCUT2D eigenvalue weighted by Crippen LogP contribution is -2.28. The van der Waals surface area contributed by atoms with Gasteiger partial charge in [0.15, 0.2) is 0 Å². The average molecular weight is 388 g/mol. The summed E-state index contributed by atoms with van der Waals surface area (Å²) in [6, 6.07) is 7.12. The number of hydrogen-bond acceptors (Lipinski definition) is 3. The number of rotatable bonds is 3. The van der Waals surface area contributed by atoms with Crippen molar-refractivity contribution in [2.45, 2.75) is 19.8 Å². The zero-order chi connectivity index (χ0) is 17.1. The molecule has 2 aromatic rings. The predicted molar refractivity (Wildman–Crippen MR) is 96.2 cm³/mol. The zero-order valence-corrected chi connectivity index (χ0v) is 15.0. The van der Waals surface area contributed by atoms with Gasteiger partial charge in [0.2, 0.25) is 0 Å². The molecule has 24 heavy (non-hydrogen) atoms. The third-order valence-electron chi connectivity index (χ3n) is 4.17. The zero-order valence-electron chi connectivity index (χ0n) is 13.4. The molecule has 0 aliphatic carbocycles. The summed E-state index contributed by atoms with van der Waals surface area (Å²) in [5.41, 5.74) is 2.53. The van der Waals surface area contributed by atoms with Crippen LogP contribution < -0.4 is 5.32 Å². The molecule has 0 unspecified atom stereocenters. The lowest BCUT2D eigenvalue weighted by molar-refractivity contribution is 0.0791. The van der Waals surface area contributed by atoms with Gasteiger partial charge in [-0.2, -0.15) is 0 Å². The van der Waals surface area contributed by atoms with Crippen molar-refractivity contribution in [3.63, 3.8) is 0 Å². The Balaban J connectivity index is 1.82. The summed E-state index contributed by atoms with van der Waals surface area (Å²) >= 11 is 3.31. The van der Waals surface area contributed by atoms with Crippen LogP contribution in [0, 0.1) is 6.92 Å². The van der Waals surface area contributed by atoms with Gasteiger partial charge in [-0.3, -0.25) is 14.6 Å². The van der Waals surface area contributed by atoms with Crippen molar-refractivity contribution in [3.8, 4) is 0 Å². The van der Waals surface area contributed by atoms with Crippen molar-refractivity contribution in [3.05, 3.63) is 57.8 Å². The summed E-state index contributed by atoms with van der Waals surface area (Å²) in [6.45, 7) is 3.47. The minimum Gasteiger partial charge on any atom is -0.339 e. The Hall–Kier alpha value is -2.21. The first-order chi connectivity index (χ1) is 11.6. The fraction of sp³-hybridized carbons (Fsp3) is 0.278. The summed E-state index contributed by atoms with van der Waals surface area (Å²) in [7, 11) is 0. The van der Waals surface area contributed by atoms with Crippen LogP contribution in [0.1, 0.15) is 39.1 Å². The number of anilines is 1. The van der Waals surface area contributed by atoms with E-state index in [0.29, 0.717) is 16.8 Å². The largest absolute Gasteiger partial charge is 0.339 e. The molecule has 0 saturated carbocycles. The number of halogens is 1.